The Labute approximate surface area is 89.3 Å². The smallest absolute Gasteiger partial charge is 0.302 e. The first kappa shape index (κ1) is 10.5. The maximum atomic E-state index is 10.7. The molecule has 2 unspecified atom stereocenters. The van der Waals surface area contributed by atoms with Gasteiger partial charge in [-0.05, 0) is 12.8 Å². The van der Waals surface area contributed by atoms with Gasteiger partial charge in [0.2, 0.25) is 0 Å². The standard InChI is InChI=1S/C8H12Br2O2/c1-5(11)12-8-6(9)3-2-4-7(8)10/h6-8H,2-4H2,1H3. The molecule has 0 aromatic rings. The van der Waals surface area contributed by atoms with E-state index in [2.05, 4.69) is 31.9 Å². The Balaban J connectivity index is 2.50. The SMILES string of the molecule is CC(=O)OC1C(Br)CCCC1Br. The lowest BCUT2D eigenvalue weighted by molar-refractivity contribution is -0.146. The van der Waals surface area contributed by atoms with Gasteiger partial charge in [-0.1, -0.05) is 38.3 Å². The summed E-state index contributed by atoms with van der Waals surface area (Å²) in [5, 5.41) is 0. The number of carbonyl (C=O) groups is 1. The molecule has 0 spiro atoms. The van der Waals surface area contributed by atoms with Crippen LogP contribution in [-0.4, -0.2) is 21.7 Å². The lowest BCUT2D eigenvalue weighted by Gasteiger charge is -2.31. The number of alkyl halides is 2. The molecular weight excluding hydrogens is 288 g/mol. The molecule has 2 nitrogen and oxygen atoms in total. The van der Waals surface area contributed by atoms with E-state index in [0.717, 1.165) is 12.8 Å². The Morgan fingerprint density at radius 2 is 1.83 bits per heavy atom. The normalized spacial score (nSPS) is 36.1. The highest BCUT2D eigenvalue weighted by Crippen LogP contribution is 2.31. The van der Waals surface area contributed by atoms with Crippen LogP contribution in [0.4, 0.5) is 0 Å². The molecule has 0 radical (unpaired) electrons. The summed E-state index contributed by atoms with van der Waals surface area (Å²) in [6, 6.07) is 0. The first-order valence-electron chi connectivity index (χ1n) is 4.06. The quantitative estimate of drug-likeness (QED) is 0.550. The molecule has 0 amide bonds. The Hall–Kier alpha value is 0.430. The van der Waals surface area contributed by atoms with Crippen molar-refractivity contribution in [2.45, 2.75) is 41.9 Å². The number of ether oxygens (including phenoxy) is 1. The number of hydrogen-bond acceptors (Lipinski definition) is 2. The summed E-state index contributed by atoms with van der Waals surface area (Å²) in [5.41, 5.74) is 0. The molecule has 1 aliphatic carbocycles. The van der Waals surface area contributed by atoms with Gasteiger partial charge in [0.15, 0.2) is 0 Å². The second-order valence-electron chi connectivity index (χ2n) is 3.04. The van der Waals surface area contributed by atoms with Crippen LogP contribution < -0.4 is 0 Å². The van der Waals surface area contributed by atoms with E-state index in [4.69, 9.17) is 4.74 Å². The van der Waals surface area contributed by atoms with Crippen molar-refractivity contribution in [2.24, 2.45) is 0 Å². The van der Waals surface area contributed by atoms with Crippen molar-refractivity contribution in [3.05, 3.63) is 0 Å². The summed E-state index contributed by atoms with van der Waals surface area (Å²) in [4.78, 5) is 11.3. The van der Waals surface area contributed by atoms with Gasteiger partial charge in [-0.3, -0.25) is 4.79 Å². The molecule has 0 aromatic heterocycles. The van der Waals surface area contributed by atoms with E-state index in [1.165, 1.54) is 13.3 Å². The zero-order chi connectivity index (χ0) is 9.14. The molecule has 1 saturated carbocycles. The lowest BCUT2D eigenvalue weighted by Crippen LogP contribution is -2.38. The summed E-state index contributed by atoms with van der Waals surface area (Å²) in [6.07, 6.45) is 3.35. The predicted molar refractivity (Wildman–Crippen MR) is 54.8 cm³/mol. The fourth-order valence-corrected chi connectivity index (χ4v) is 3.41. The third-order valence-corrected chi connectivity index (χ3v) is 3.93. The van der Waals surface area contributed by atoms with E-state index >= 15 is 0 Å². The van der Waals surface area contributed by atoms with Gasteiger partial charge in [0.05, 0.1) is 9.65 Å². The van der Waals surface area contributed by atoms with Gasteiger partial charge >= 0.3 is 5.97 Å². The number of halogens is 2. The summed E-state index contributed by atoms with van der Waals surface area (Å²) in [6.45, 7) is 1.45. The van der Waals surface area contributed by atoms with E-state index in [1.807, 2.05) is 0 Å². The molecule has 1 aliphatic rings. The lowest BCUT2D eigenvalue weighted by atomic mass is 9.97. The second-order valence-corrected chi connectivity index (χ2v) is 5.39. The molecule has 1 fully saturated rings. The van der Waals surface area contributed by atoms with Gasteiger partial charge in [0.25, 0.3) is 0 Å². The first-order valence-corrected chi connectivity index (χ1v) is 5.89. The van der Waals surface area contributed by atoms with E-state index < -0.39 is 0 Å². The van der Waals surface area contributed by atoms with Crippen LogP contribution in [0.1, 0.15) is 26.2 Å². The fourth-order valence-electron chi connectivity index (χ4n) is 1.40. The second kappa shape index (κ2) is 4.61. The Morgan fingerprint density at radius 1 is 1.33 bits per heavy atom. The summed E-state index contributed by atoms with van der Waals surface area (Å²) in [7, 11) is 0. The molecular formula is C8H12Br2O2. The van der Waals surface area contributed by atoms with E-state index in [1.54, 1.807) is 0 Å². The molecule has 70 valence electrons. The van der Waals surface area contributed by atoms with Crippen LogP contribution in [0.2, 0.25) is 0 Å². The van der Waals surface area contributed by atoms with Crippen LogP contribution in [0.3, 0.4) is 0 Å². The van der Waals surface area contributed by atoms with E-state index in [0.29, 0.717) is 9.65 Å². The van der Waals surface area contributed by atoms with Crippen molar-refractivity contribution >= 4 is 37.8 Å². The molecule has 0 bridgehead atoms. The molecule has 0 heterocycles. The number of esters is 1. The van der Waals surface area contributed by atoms with Crippen LogP contribution in [0, 0.1) is 0 Å². The highest BCUT2D eigenvalue weighted by atomic mass is 79.9. The summed E-state index contributed by atoms with van der Waals surface area (Å²) in [5.74, 6) is -0.198. The van der Waals surface area contributed by atoms with Gasteiger partial charge in [-0.25, -0.2) is 0 Å². The molecule has 0 N–H and O–H groups in total. The molecule has 0 saturated heterocycles. The highest BCUT2D eigenvalue weighted by Gasteiger charge is 2.32. The minimum absolute atomic E-state index is 0.00347. The van der Waals surface area contributed by atoms with Gasteiger partial charge in [0.1, 0.15) is 6.10 Å². The van der Waals surface area contributed by atoms with Crippen LogP contribution in [0.25, 0.3) is 0 Å². The highest BCUT2D eigenvalue weighted by molar-refractivity contribution is 9.10. The summed E-state index contributed by atoms with van der Waals surface area (Å²) >= 11 is 7.03. The zero-order valence-corrected chi connectivity index (χ0v) is 10.1. The molecule has 0 aliphatic heterocycles. The summed E-state index contributed by atoms with van der Waals surface area (Å²) < 4.78 is 5.18. The number of carbonyl (C=O) groups excluding carboxylic acids is 1. The van der Waals surface area contributed by atoms with Crippen LogP contribution >= 0.6 is 31.9 Å². The Morgan fingerprint density at radius 3 is 2.25 bits per heavy atom. The Bertz CT molecular complexity index is 162. The van der Waals surface area contributed by atoms with Crippen molar-refractivity contribution in [2.75, 3.05) is 0 Å². The minimum atomic E-state index is -0.198. The van der Waals surface area contributed by atoms with E-state index in [-0.39, 0.29) is 12.1 Å². The number of hydrogen-bond donors (Lipinski definition) is 0. The third-order valence-electron chi connectivity index (χ3n) is 1.97. The number of rotatable bonds is 1. The first-order chi connectivity index (χ1) is 5.61. The largest absolute Gasteiger partial charge is 0.460 e. The van der Waals surface area contributed by atoms with Crippen molar-refractivity contribution in [1.29, 1.82) is 0 Å². The van der Waals surface area contributed by atoms with Crippen LogP contribution in [-0.2, 0) is 9.53 Å². The fraction of sp³-hybridized carbons (Fsp3) is 0.875. The maximum absolute atomic E-state index is 10.7. The molecule has 4 heteroatoms. The van der Waals surface area contributed by atoms with Gasteiger partial charge < -0.3 is 4.74 Å². The monoisotopic (exact) mass is 298 g/mol. The van der Waals surface area contributed by atoms with Gasteiger partial charge in [0, 0.05) is 6.92 Å². The average Bonchev–Trinajstić information content (AvgIpc) is 1.97. The minimum Gasteiger partial charge on any atom is -0.460 e. The maximum Gasteiger partial charge on any atom is 0.302 e. The average molecular weight is 300 g/mol. The van der Waals surface area contributed by atoms with Crippen molar-refractivity contribution in [1.82, 2.24) is 0 Å². The van der Waals surface area contributed by atoms with Crippen molar-refractivity contribution in [3.63, 3.8) is 0 Å². The van der Waals surface area contributed by atoms with Crippen molar-refractivity contribution < 1.29 is 9.53 Å². The topological polar surface area (TPSA) is 26.3 Å². The van der Waals surface area contributed by atoms with E-state index in [9.17, 15) is 4.79 Å². The van der Waals surface area contributed by atoms with Crippen molar-refractivity contribution in [3.8, 4) is 0 Å². The van der Waals surface area contributed by atoms with Crippen LogP contribution in [0.15, 0.2) is 0 Å². The molecule has 2 atom stereocenters. The van der Waals surface area contributed by atoms with Gasteiger partial charge in [-0.15, -0.1) is 0 Å². The van der Waals surface area contributed by atoms with Crippen LogP contribution in [0.5, 0.6) is 0 Å². The molecule has 12 heavy (non-hydrogen) atoms. The zero-order valence-electron chi connectivity index (χ0n) is 6.93. The predicted octanol–water partition coefficient (Wildman–Crippen LogP) is 2.63. The Kier molecular flexibility index (Phi) is 4.03. The third kappa shape index (κ3) is 2.73. The molecule has 1 rings (SSSR count). The van der Waals surface area contributed by atoms with Gasteiger partial charge in [-0.2, -0.15) is 0 Å². The molecule has 0 aromatic carbocycles.